The molecule has 3 aromatic carbocycles. The van der Waals surface area contributed by atoms with Gasteiger partial charge in [0, 0.05) is 12.6 Å². The molecule has 3 rings (SSSR count). The summed E-state index contributed by atoms with van der Waals surface area (Å²) in [4.78, 5) is 24.9. The molecule has 0 saturated heterocycles. The molecule has 1 amide bonds. The van der Waals surface area contributed by atoms with Gasteiger partial charge in [-0.05, 0) is 48.5 Å². The van der Waals surface area contributed by atoms with Crippen molar-refractivity contribution in [3.8, 4) is 11.5 Å². The van der Waals surface area contributed by atoms with Gasteiger partial charge in [-0.3, -0.25) is 14.3 Å². The standard InChI is InChI=1S/C23H22N2O6S/c1-25(16-22(26)30-2)23(27)17-12-14-19(15-13-17)32(28,29)24-20-10-6-7-11-21(20)31-18-8-4-3-5-9-18/h3-15,24H,16H2,1-2H3. The highest BCUT2D eigenvalue weighted by atomic mass is 32.2. The number of likely N-dealkylation sites (N-methyl/N-ethyl adjacent to an activating group) is 1. The molecule has 0 aliphatic rings. The van der Waals surface area contributed by atoms with E-state index in [4.69, 9.17) is 4.74 Å². The highest BCUT2D eigenvalue weighted by Gasteiger charge is 2.19. The SMILES string of the molecule is COC(=O)CN(C)C(=O)c1ccc(S(=O)(=O)Nc2ccccc2Oc2ccccc2)cc1. The smallest absolute Gasteiger partial charge is 0.325 e. The summed E-state index contributed by atoms with van der Waals surface area (Å²) in [5, 5.41) is 0. The van der Waals surface area contributed by atoms with Crippen LogP contribution in [0.2, 0.25) is 0 Å². The lowest BCUT2D eigenvalue weighted by molar-refractivity contribution is -0.141. The number of anilines is 1. The lowest BCUT2D eigenvalue weighted by atomic mass is 10.2. The molecule has 0 radical (unpaired) electrons. The second kappa shape index (κ2) is 9.97. The number of methoxy groups -OCH3 is 1. The predicted octanol–water partition coefficient (Wildman–Crippen LogP) is 3.52. The zero-order chi connectivity index (χ0) is 23.1. The second-order valence-electron chi connectivity index (χ2n) is 6.78. The van der Waals surface area contributed by atoms with Crippen LogP contribution in [0, 0.1) is 0 Å². The Morgan fingerprint density at radius 1 is 0.906 bits per heavy atom. The molecule has 0 spiro atoms. The van der Waals surface area contributed by atoms with Gasteiger partial charge in [-0.15, -0.1) is 0 Å². The summed E-state index contributed by atoms with van der Waals surface area (Å²) in [7, 11) is -1.26. The number of amides is 1. The Balaban J connectivity index is 1.77. The van der Waals surface area contributed by atoms with Crippen LogP contribution >= 0.6 is 0 Å². The van der Waals surface area contributed by atoms with Gasteiger partial charge in [-0.25, -0.2) is 8.42 Å². The van der Waals surface area contributed by atoms with Crippen LogP contribution in [0.5, 0.6) is 11.5 Å². The van der Waals surface area contributed by atoms with Crippen LogP contribution in [0.3, 0.4) is 0 Å². The maximum absolute atomic E-state index is 12.9. The quantitative estimate of drug-likeness (QED) is 0.523. The third-order valence-electron chi connectivity index (χ3n) is 4.45. The highest BCUT2D eigenvalue weighted by Crippen LogP contribution is 2.30. The number of carbonyl (C=O) groups is 2. The molecular formula is C23H22N2O6S. The first-order valence-corrected chi connectivity index (χ1v) is 11.1. The lowest BCUT2D eigenvalue weighted by Crippen LogP contribution is -2.32. The Labute approximate surface area is 186 Å². The molecule has 3 aromatic rings. The number of rotatable bonds is 8. The third kappa shape index (κ3) is 5.64. The number of nitrogens with one attached hydrogen (secondary N) is 1. The van der Waals surface area contributed by atoms with Crippen LogP contribution in [-0.2, 0) is 19.6 Å². The summed E-state index contributed by atoms with van der Waals surface area (Å²) in [6.45, 7) is -0.213. The molecule has 0 bridgehead atoms. The Morgan fingerprint density at radius 2 is 1.53 bits per heavy atom. The largest absolute Gasteiger partial charge is 0.468 e. The molecule has 1 N–H and O–H groups in total. The number of carbonyl (C=O) groups excluding carboxylic acids is 2. The number of hydrogen-bond acceptors (Lipinski definition) is 6. The monoisotopic (exact) mass is 454 g/mol. The van der Waals surface area contributed by atoms with Crippen molar-refractivity contribution in [3.05, 3.63) is 84.4 Å². The summed E-state index contributed by atoms with van der Waals surface area (Å²) in [5.74, 6) is -0.0776. The van der Waals surface area contributed by atoms with E-state index < -0.39 is 21.9 Å². The summed E-state index contributed by atoms with van der Waals surface area (Å²) in [6, 6.07) is 21.1. The molecule has 0 heterocycles. The minimum absolute atomic E-state index is 0.0285. The first-order chi connectivity index (χ1) is 15.3. The molecule has 0 atom stereocenters. The Bertz CT molecular complexity index is 1190. The van der Waals surface area contributed by atoms with Crippen LogP contribution < -0.4 is 9.46 Å². The first kappa shape index (κ1) is 22.8. The number of sulfonamides is 1. The molecule has 0 saturated carbocycles. The van der Waals surface area contributed by atoms with E-state index in [2.05, 4.69) is 9.46 Å². The molecule has 0 fully saturated rings. The fourth-order valence-corrected chi connectivity index (χ4v) is 3.86. The van der Waals surface area contributed by atoms with Gasteiger partial charge in [-0.2, -0.15) is 0 Å². The van der Waals surface area contributed by atoms with Crippen molar-refractivity contribution < 1.29 is 27.5 Å². The van der Waals surface area contributed by atoms with Gasteiger partial charge in [0.25, 0.3) is 15.9 Å². The van der Waals surface area contributed by atoms with Crippen LogP contribution in [-0.4, -0.2) is 45.9 Å². The van der Waals surface area contributed by atoms with Crippen LogP contribution in [0.25, 0.3) is 0 Å². The predicted molar refractivity (Wildman–Crippen MR) is 119 cm³/mol. The van der Waals surface area contributed by atoms with Gasteiger partial charge in [0.05, 0.1) is 17.7 Å². The topological polar surface area (TPSA) is 102 Å². The first-order valence-electron chi connectivity index (χ1n) is 9.57. The van der Waals surface area contributed by atoms with E-state index in [0.29, 0.717) is 11.5 Å². The third-order valence-corrected chi connectivity index (χ3v) is 5.84. The number of ether oxygens (including phenoxy) is 2. The van der Waals surface area contributed by atoms with Crippen LogP contribution in [0.1, 0.15) is 10.4 Å². The van der Waals surface area contributed by atoms with Crippen molar-refractivity contribution in [2.45, 2.75) is 4.90 Å². The van der Waals surface area contributed by atoms with Gasteiger partial charge in [0.1, 0.15) is 12.3 Å². The van der Waals surface area contributed by atoms with E-state index in [9.17, 15) is 18.0 Å². The summed E-state index contributed by atoms with van der Waals surface area (Å²) >= 11 is 0. The van der Waals surface area contributed by atoms with E-state index in [1.54, 1.807) is 36.4 Å². The van der Waals surface area contributed by atoms with Crippen molar-refractivity contribution in [2.24, 2.45) is 0 Å². The van der Waals surface area contributed by atoms with E-state index in [-0.39, 0.29) is 22.7 Å². The number of nitrogens with zero attached hydrogens (tertiary/aromatic N) is 1. The van der Waals surface area contributed by atoms with E-state index in [1.165, 1.54) is 43.3 Å². The Morgan fingerprint density at radius 3 is 2.19 bits per heavy atom. The van der Waals surface area contributed by atoms with Crippen LogP contribution in [0.15, 0.2) is 83.8 Å². The number of esters is 1. The molecule has 8 nitrogen and oxygen atoms in total. The van der Waals surface area contributed by atoms with Gasteiger partial charge in [0.15, 0.2) is 5.75 Å². The van der Waals surface area contributed by atoms with Crippen molar-refractivity contribution in [1.82, 2.24) is 4.90 Å². The maximum Gasteiger partial charge on any atom is 0.325 e. The number of benzene rings is 3. The molecule has 0 unspecified atom stereocenters. The summed E-state index contributed by atoms with van der Waals surface area (Å²) in [6.07, 6.45) is 0. The molecule has 166 valence electrons. The zero-order valence-electron chi connectivity index (χ0n) is 17.5. The van der Waals surface area contributed by atoms with Gasteiger partial charge in [-0.1, -0.05) is 30.3 Å². The van der Waals surface area contributed by atoms with Crippen molar-refractivity contribution >= 4 is 27.6 Å². The van der Waals surface area contributed by atoms with Gasteiger partial charge < -0.3 is 14.4 Å². The zero-order valence-corrected chi connectivity index (χ0v) is 18.3. The number of hydrogen-bond donors (Lipinski definition) is 1. The van der Waals surface area contributed by atoms with Gasteiger partial charge in [0.2, 0.25) is 0 Å². The van der Waals surface area contributed by atoms with Crippen LogP contribution in [0.4, 0.5) is 5.69 Å². The average molecular weight is 455 g/mol. The normalized spacial score (nSPS) is 10.8. The van der Waals surface area contributed by atoms with Gasteiger partial charge >= 0.3 is 5.97 Å². The molecule has 32 heavy (non-hydrogen) atoms. The fourth-order valence-electron chi connectivity index (χ4n) is 2.79. The lowest BCUT2D eigenvalue weighted by Gasteiger charge is -2.16. The minimum atomic E-state index is -3.94. The molecule has 9 heteroatoms. The average Bonchev–Trinajstić information content (AvgIpc) is 2.80. The Kier molecular flexibility index (Phi) is 7.11. The Hall–Kier alpha value is -3.85. The molecule has 0 aliphatic heterocycles. The van der Waals surface area contributed by atoms with Crippen molar-refractivity contribution in [3.63, 3.8) is 0 Å². The van der Waals surface area contributed by atoms with E-state index >= 15 is 0 Å². The van der Waals surface area contributed by atoms with Crippen molar-refractivity contribution in [1.29, 1.82) is 0 Å². The van der Waals surface area contributed by atoms with E-state index in [0.717, 1.165) is 0 Å². The molecule has 0 aromatic heterocycles. The van der Waals surface area contributed by atoms with E-state index in [1.807, 2.05) is 18.2 Å². The minimum Gasteiger partial charge on any atom is -0.468 e. The molecular weight excluding hydrogens is 432 g/mol. The summed E-state index contributed by atoms with van der Waals surface area (Å²) < 4.78 is 38.6. The summed E-state index contributed by atoms with van der Waals surface area (Å²) in [5.41, 5.74) is 0.512. The fraction of sp³-hybridized carbons (Fsp3) is 0.130. The maximum atomic E-state index is 12.9. The second-order valence-corrected chi connectivity index (χ2v) is 8.46. The van der Waals surface area contributed by atoms with Crippen molar-refractivity contribution in [2.75, 3.05) is 25.4 Å². The molecule has 0 aliphatic carbocycles. The number of para-hydroxylation sites is 3. The highest BCUT2D eigenvalue weighted by molar-refractivity contribution is 7.92.